The molecule has 76 valence electrons. The van der Waals surface area contributed by atoms with E-state index < -0.39 is 12.5 Å². The van der Waals surface area contributed by atoms with Crippen LogP contribution < -0.4 is 5.73 Å². The van der Waals surface area contributed by atoms with Gasteiger partial charge in [-0.05, 0) is 6.42 Å². The summed E-state index contributed by atoms with van der Waals surface area (Å²) in [6.07, 6.45) is -2.93. The second-order valence-electron chi connectivity index (χ2n) is 3.00. The van der Waals surface area contributed by atoms with Gasteiger partial charge in [-0.1, -0.05) is 0 Å². The average molecular weight is 194 g/mol. The molecule has 0 aromatic carbocycles. The number of alkyl halides is 2. The van der Waals surface area contributed by atoms with Crippen LogP contribution in [-0.4, -0.2) is 43.2 Å². The van der Waals surface area contributed by atoms with E-state index >= 15 is 0 Å². The Balaban J connectivity index is 2.24. The van der Waals surface area contributed by atoms with E-state index in [2.05, 4.69) is 4.74 Å². The standard InChI is InChI=1S/C7H12F2N2O2/c8-6(9)4-11-2-1-5(3-11)13-7(10)12/h5-6H,1-4H2,(H2,10,12)/t5-/m0/s1. The molecule has 0 bridgehead atoms. The molecule has 0 aliphatic carbocycles. The highest BCUT2D eigenvalue weighted by atomic mass is 19.3. The first-order valence-corrected chi connectivity index (χ1v) is 4.04. The molecule has 0 radical (unpaired) electrons. The molecule has 2 N–H and O–H groups in total. The highest BCUT2D eigenvalue weighted by molar-refractivity contribution is 5.64. The summed E-state index contributed by atoms with van der Waals surface area (Å²) in [6.45, 7) is 0.619. The van der Waals surface area contributed by atoms with Gasteiger partial charge in [0.1, 0.15) is 6.10 Å². The normalized spacial score (nSPS) is 23.8. The molecule has 0 aromatic rings. The van der Waals surface area contributed by atoms with Gasteiger partial charge < -0.3 is 10.5 Å². The Labute approximate surface area is 74.6 Å². The zero-order valence-electron chi connectivity index (χ0n) is 7.08. The van der Waals surface area contributed by atoms with E-state index in [0.29, 0.717) is 19.5 Å². The number of likely N-dealkylation sites (tertiary alicyclic amines) is 1. The third kappa shape index (κ3) is 3.54. The van der Waals surface area contributed by atoms with Crippen LogP contribution in [0.25, 0.3) is 0 Å². The van der Waals surface area contributed by atoms with Crippen molar-refractivity contribution in [1.29, 1.82) is 0 Å². The summed E-state index contributed by atoms with van der Waals surface area (Å²) in [5, 5.41) is 0. The Bertz CT molecular complexity index is 189. The smallest absolute Gasteiger partial charge is 0.404 e. The Kier molecular flexibility index (Phi) is 3.41. The summed E-state index contributed by atoms with van der Waals surface area (Å²) in [5.41, 5.74) is 4.79. The largest absolute Gasteiger partial charge is 0.445 e. The summed E-state index contributed by atoms with van der Waals surface area (Å²) in [5.74, 6) is 0. The average Bonchev–Trinajstić information content (AvgIpc) is 2.33. The highest BCUT2D eigenvalue weighted by Crippen LogP contribution is 2.13. The van der Waals surface area contributed by atoms with Crippen molar-refractivity contribution in [2.45, 2.75) is 19.0 Å². The minimum absolute atomic E-state index is 0.265. The van der Waals surface area contributed by atoms with E-state index in [4.69, 9.17) is 5.73 Å². The van der Waals surface area contributed by atoms with Crippen LogP contribution in [0.15, 0.2) is 0 Å². The minimum atomic E-state index is -2.34. The SMILES string of the molecule is NC(=O)O[C@H]1CCN(CC(F)F)C1. The summed E-state index contributed by atoms with van der Waals surface area (Å²) < 4.78 is 28.5. The molecule has 1 fully saturated rings. The van der Waals surface area contributed by atoms with E-state index in [9.17, 15) is 13.6 Å². The fourth-order valence-corrected chi connectivity index (χ4v) is 1.42. The first kappa shape index (κ1) is 10.2. The zero-order valence-corrected chi connectivity index (χ0v) is 7.08. The number of nitrogens with two attached hydrogens (primary N) is 1. The first-order valence-electron chi connectivity index (χ1n) is 4.04. The molecule has 6 heteroatoms. The van der Waals surface area contributed by atoms with Crippen molar-refractivity contribution < 1.29 is 18.3 Å². The molecule has 1 rings (SSSR count). The summed E-state index contributed by atoms with van der Waals surface area (Å²) in [4.78, 5) is 11.9. The number of amides is 1. The molecular formula is C7H12F2N2O2. The number of rotatable bonds is 3. The summed E-state index contributed by atoms with van der Waals surface area (Å²) >= 11 is 0. The lowest BCUT2D eigenvalue weighted by atomic mass is 10.3. The maximum Gasteiger partial charge on any atom is 0.404 e. The van der Waals surface area contributed by atoms with Crippen LogP contribution in [0.2, 0.25) is 0 Å². The molecule has 13 heavy (non-hydrogen) atoms. The van der Waals surface area contributed by atoms with Crippen molar-refractivity contribution in [3.8, 4) is 0 Å². The van der Waals surface area contributed by atoms with Crippen LogP contribution in [-0.2, 0) is 4.74 Å². The molecule has 0 saturated carbocycles. The maximum atomic E-state index is 11.9. The van der Waals surface area contributed by atoms with Crippen molar-refractivity contribution >= 4 is 6.09 Å². The number of carbonyl (C=O) groups is 1. The molecule has 0 aromatic heterocycles. The van der Waals surface area contributed by atoms with Gasteiger partial charge in [0.2, 0.25) is 0 Å². The molecule has 1 amide bonds. The van der Waals surface area contributed by atoms with Crippen LogP contribution in [0, 0.1) is 0 Å². The van der Waals surface area contributed by atoms with Crippen LogP contribution in [0.1, 0.15) is 6.42 Å². The third-order valence-corrected chi connectivity index (χ3v) is 1.91. The molecule has 1 atom stereocenters. The molecule has 1 aliphatic rings. The Morgan fingerprint density at radius 1 is 1.69 bits per heavy atom. The lowest BCUT2D eigenvalue weighted by molar-refractivity contribution is 0.0824. The van der Waals surface area contributed by atoms with Crippen LogP contribution >= 0.6 is 0 Å². The molecular weight excluding hydrogens is 182 g/mol. The van der Waals surface area contributed by atoms with Gasteiger partial charge in [-0.25, -0.2) is 13.6 Å². The van der Waals surface area contributed by atoms with Crippen molar-refractivity contribution in [2.75, 3.05) is 19.6 Å². The summed E-state index contributed by atoms with van der Waals surface area (Å²) in [7, 11) is 0. The Morgan fingerprint density at radius 2 is 2.38 bits per heavy atom. The molecule has 4 nitrogen and oxygen atoms in total. The number of carbonyl (C=O) groups excluding carboxylic acids is 1. The van der Waals surface area contributed by atoms with Gasteiger partial charge in [0.25, 0.3) is 6.43 Å². The zero-order chi connectivity index (χ0) is 9.84. The molecule has 0 unspecified atom stereocenters. The van der Waals surface area contributed by atoms with Gasteiger partial charge in [-0.15, -0.1) is 0 Å². The van der Waals surface area contributed by atoms with E-state index in [1.165, 1.54) is 0 Å². The fourth-order valence-electron chi connectivity index (χ4n) is 1.42. The minimum Gasteiger partial charge on any atom is -0.445 e. The predicted octanol–water partition coefficient (Wildman–Crippen LogP) is 0.421. The van der Waals surface area contributed by atoms with Crippen LogP contribution in [0.3, 0.4) is 0 Å². The lowest BCUT2D eigenvalue weighted by Crippen LogP contribution is -2.30. The Hall–Kier alpha value is -0.910. The van der Waals surface area contributed by atoms with Gasteiger partial charge >= 0.3 is 6.09 Å². The van der Waals surface area contributed by atoms with Gasteiger partial charge in [0.15, 0.2) is 0 Å². The number of halogens is 2. The van der Waals surface area contributed by atoms with Crippen molar-refractivity contribution in [3.05, 3.63) is 0 Å². The number of hydrogen-bond donors (Lipinski definition) is 1. The van der Waals surface area contributed by atoms with E-state index in [1.54, 1.807) is 4.90 Å². The van der Waals surface area contributed by atoms with E-state index in [-0.39, 0.29) is 12.6 Å². The quantitative estimate of drug-likeness (QED) is 0.708. The van der Waals surface area contributed by atoms with Crippen molar-refractivity contribution in [3.63, 3.8) is 0 Å². The second-order valence-corrected chi connectivity index (χ2v) is 3.00. The topological polar surface area (TPSA) is 55.6 Å². The van der Waals surface area contributed by atoms with Crippen LogP contribution in [0.5, 0.6) is 0 Å². The van der Waals surface area contributed by atoms with E-state index in [0.717, 1.165) is 0 Å². The predicted molar refractivity (Wildman–Crippen MR) is 41.5 cm³/mol. The highest BCUT2D eigenvalue weighted by Gasteiger charge is 2.26. The van der Waals surface area contributed by atoms with Crippen LogP contribution in [0.4, 0.5) is 13.6 Å². The maximum absolute atomic E-state index is 11.9. The van der Waals surface area contributed by atoms with Crippen molar-refractivity contribution in [1.82, 2.24) is 4.90 Å². The second kappa shape index (κ2) is 4.36. The monoisotopic (exact) mass is 194 g/mol. The van der Waals surface area contributed by atoms with E-state index in [1.807, 2.05) is 0 Å². The molecule has 1 aliphatic heterocycles. The first-order chi connectivity index (χ1) is 6.08. The Morgan fingerprint density at radius 3 is 2.92 bits per heavy atom. The molecule has 0 spiro atoms. The lowest BCUT2D eigenvalue weighted by Gasteiger charge is -2.14. The number of hydrogen-bond acceptors (Lipinski definition) is 3. The van der Waals surface area contributed by atoms with Gasteiger partial charge in [-0.3, -0.25) is 4.90 Å². The van der Waals surface area contributed by atoms with Gasteiger partial charge in [0.05, 0.1) is 6.54 Å². The number of ether oxygens (including phenoxy) is 1. The van der Waals surface area contributed by atoms with Gasteiger partial charge in [0, 0.05) is 13.1 Å². The van der Waals surface area contributed by atoms with Crippen molar-refractivity contribution in [2.24, 2.45) is 5.73 Å². The fraction of sp³-hybridized carbons (Fsp3) is 0.857. The third-order valence-electron chi connectivity index (χ3n) is 1.91. The molecule has 1 saturated heterocycles. The number of nitrogens with zero attached hydrogens (tertiary/aromatic N) is 1. The number of primary amides is 1. The van der Waals surface area contributed by atoms with Gasteiger partial charge in [-0.2, -0.15) is 0 Å². The molecule has 1 heterocycles. The summed E-state index contributed by atoms with van der Waals surface area (Å²) in [6, 6.07) is 0.